The summed E-state index contributed by atoms with van der Waals surface area (Å²) in [7, 11) is 0. The Balaban J connectivity index is 1.72. The van der Waals surface area contributed by atoms with Crippen LogP contribution in [0.5, 0.6) is 11.5 Å². The molecule has 0 aromatic heterocycles. The van der Waals surface area contributed by atoms with Crippen molar-refractivity contribution < 1.29 is 19.0 Å². The number of hydrogen-bond donors (Lipinski definition) is 0. The lowest BCUT2D eigenvalue weighted by Crippen LogP contribution is -2.35. The molecule has 0 saturated carbocycles. The van der Waals surface area contributed by atoms with Gasteiger partial charge in [0, 0.05) is 17.1 Å². The van der Waals surface area contributed by atoms with Gasteiger partial charge in [0.05, 0.1) is 19.8 Å². The molecule has 1 aliphatic heterocycles. The van der Waals surface area contributed by atoms with Gasteiger partial charge in [0.15, 0.2) is 0 Å². The largest absolute Gasteiger partial charge is 0.494 e. The van der Waals surface area contributed by atoms with Crippen molar-refractivity contribution in [3.8, 4) is 11.5 Å². The molecule has 1 fully saturated rings. The molecule has 1 amide bonds. The van der Waals surface area contributed by atoms with Crippen LogP contribution in [-0.2, 0) is 11.2 Å². The molecule has 0 radical (unpaired) electrons. The first-order valence-corrected chi connectivity index (χ1v) is 10.0. The predicted molar refractivity (Wildman–Crippen MR) is 109 cm³/mol. The maximum absolute atomic E-state index is 12.4. The number of carbonyl (C=O) groups is 1. The van der Waals surface area contributed by atoms with Crippen molar-refractivity contribution in [1.82, 2.24) is 4.90 Å². The molecule has 150 valence electrons. The highest BCUT2D eigenvalue weighted by Crippen LogP contribution is 2.31. The van der Waals surface area contributed by atoms with Gasteiger partial charge in [-0.05, 0) is 56.5 Å². The van der Waals surface area contributed by atoms with Gasteiger partial charge in [-0.1, -0.05) is 29.8 Å². The number of carbonyl (C=O) groups excluding carboxylic acids is 1. The third-order valence-electron chi connectivity index (χ3n) is 4.76. The van der Waals surface area contributed by atoms with Crippen molar-refractivity contribution in [3.63, 3.8) is 0 Å². The first-order valence-electron chi connectivity index (χ1n) is 9.63. The molecule has 0 spiro atoms. The van der Waals surface area contributed by atoms with E-state index >= 15 is 0 Å². The maximum atomic E-state index is 12.4. The average molecular weight is 404 g/mol. The van der Waals surface area contributed by atoms with E-state index < -0.39 is 0 Å². The number of hydrogen-bond acceptors (Lipinski definition) is 4. The molecular formula is C22H26ClNO4. The van der Waals surface area contributed by atoms with Crippen LogP contribution in [-0.4, -0.2) is 36.8 Å². The molecule has 0 N–H and O–H groups in total. The van der Waals surface area contributed by atoms with Gasteiger partial charge in [-0.15, -0.1) is 0 Å². The standard InChI is InChI=1S/C22H26ClNO4/c1-4-26-19-10-9-17(20(13-19)27-5-2)11-15(3)24-14-21(28-22(24)25)16-7-6-8-18(23)12-16/h6-10,12-13,15,21H,4-5,11,14H2,1-3H3/t15-,21+/m1/s1. The Morgan fingerprint density at radius 2 is 1.96 bits per heavy atom. The monoisotopic (exact) mass is 403 g/mol. The smallest absolute Gasteiger partial charge is 0.410 e. The van der Waals surface area contributed by atoms with E-state index in [9.17, 15) is 4.79 Å². The number of benzene rings is 2. The third kappa shape index (κ3) is 4.71. The second-order valence-corrected chi connectivity index (χ2v) is 7.20. The summed E-state index contributed by atoms with van der Waals surface area (Å²) in [6.07, 6.45) is 0.0563. The second kappa shape index (κ2) is 9.20. The van der Waals surface area contributed by atoms with Gasteiger partial charge in [0.25, 0.3) is 0 Å². The zero-order chi connectivity index (χ0) is 20.1. The minimum absolute atomic E-state index is 0.0335. The maximum Gasteiger partial charge on any atom is 0.410 e. The van der Waals surface area contributed by atoms with Crippen molar-refractivity contribution in [3.05, 3.63) is 58.6 Å². The minimum Gasteiger partial charge on any atom is -0.494 e. The first kappa shape index (κ1) is 20.3. The molecule has 2 atom stereocenters. The molecule has 6 heteroatoms. The van der Waals surface area contributed by atoms with Crippen molar-refractivity contribution in [2.24, 2.45) is 0 Å². The summed E-state index contributed by atoms with van der Waals surface area (Å²) in [6.45, 7) is 7.60. The summed E-state index contributed by atoms with van der Waals surface area (Å²) in [5.74, 6) is 1.57. The van der Waals surface area contributed by atoms with Crippen molar-refractivity contribution in [2.45, 2.75) is 39.3 Å². The molecule has 1 saturated heterocycles. The Hall–Kier alpha value is -2.40. The normalized spacial score (nSPS) is 17.4. The molecule has 1 aliphatic rings. The van der Waals surface area contributed by atoms with E-state index in [2.05, 4.69) is 0 Å². The number of rotatable bonds is 8. The van der Waals surface area contributed by atoms with Gasteiger partial charge < -0.3 is 19.1 Å². The molecule has 0 unspecified atom stereocenters. The molecule has 3 rings (SSSR count). The van der Waals surface area contributed by atoms with E-state index in [4.69, 9.17) is 25.8 Å². The van der Waals surface area contributed by atoms with Crippen LogP contribution in [0.2, 0.25) is 5.02 Å². The fraction of sp³-hybridized carbons (Fsp3) is 0.409. The quantitative estimate of drug-likeness (QED) is 0.603. The van der Waals surface area contributed by atoms with Gasteiger partial charge in [0.2, 0.25) is 0 Å². The third-order valence-corrected chi connectivity index (χ3v) is 4.99. The van der Waals surface area contributed by atoms with Gasteiger partial charge in [-0.2, -0.15) is 0 Å². The highest BCUT2D eigenvalue weighted by Gasteiger charge is 2.35. The fourth-order valence-corrected chi connectivity index (χ4v) is 3.60. The van der Waals surface area contributed by atoms with Crippen molar-refractivity contribution >= 4 is 17.7 Å². The number of halogens is 1. The molecule has 1 heterocycles. The molecule has 0 bridgehead atoms. The molecule has 2 aromatic carbocycles. The molecule has 28 heavy (non-hydrogen) atoms. The van der Waals surface area contributed by atoms with Crippen LogP contribution in [0.15, 0.2) is 42.5 Å². The van der Waals surface area contributed by atoms with E-state index in [0.29, 0.717) is 31.2 Å². The Morgan fingerprint density at radius 1 is 1.18 bits per heavy atom. The Labute approximate surface area is 171 Å². The number of cyclic esters (lactones) is 1. The first-order chi connectivity index (χ1) is 13.5. The van der Waals surface area contributed by atoms with Gasteiger partial charge in [-0.25, -0.2) is 4.79 Å². The van der Waals surface area contributed by atoms with E-state index in [1.165, 1.54) is 0 Å². The highest BCUT2D eigenvalue weighted by atomic mass is 35.5. The summed E-state index contributed by atoms with van der Waals surface area (Å²) in [6, 6.07) is 13.3. The summed E-state index contributed by atoms with van der Waals surface area (Å²) < 4.78 is 16.9. The average Bonchev–Trinajstić information content (AvgIpc) is 3.06. The van der Waals surface area contributed by atoms with Crippen LogP contribution in [0, 0.1) is 0 Å². The fourth-order valence-electron chi connectivity index (χ4n) is 3.40. The van der Waals surface area contributed by atoms with E-state index in [1.807, 2.05) is 63.2 Å². The lowest BCUT2D eigenvalue weighted by atomic mass is 10.0. The lowest BCUT2D eigenvalue weighted by molar-refractivity contribution is 0.129. The summed E-state index contributed by atoms with van der Waals surface area (Å²) in [4.78, 5) is 14.2. The molecule has 5 nitrogen and oxygen atoms in total. The summed E-state index contributed by atoms with van der Waals surface area (Å²) >= 11 is 6.07. The van der Waals surface area contributed by atoms with Gasteiger partial charge in [-0.3, -0.25) is 0 Å². The molecule has 2 aromatic rings. The molecule has 0 aliphatic carbocycles. The van der Waals surface area contributed by atoms with Gasteiger partial charge >= 0.3 is 6.09 Å². The predicted octanol–water partition coefficient (Wildman–Crippen LogP) is 5.26. The topological polar surface area (TPSA) is 48.0 Å². The highest BCUT2D eigenvalue weighted by molar-refractivity contribution is 6.30. The SMILES string of the molecule is CCOc1ccc(C[C@@H](C)N2C[C@@H](c3cccc(Cl)c3)OC2=O)c(OCC)c1. The number of nitrogens with zero attached hydrogens (tertiary/aromatic N) is 1. The molecular weight excluding hydrogens is 378 g/mol. The second-order valence-electron chi connectivity index (χ2n) is 6.77. The van der Waals surface area contributed by atoms with Crippen LogP contribution in [0.4, 0.5) is 4.79 Å². The van der Waals surface area contributed by atoms with Gasteiger partial charge in [0.1, 0.15) is 17.6 Å². The number of amides is 1. The summed E-state index contributed by atoms with van der Waals surface area (Å²) in [5.41, 5.74) is 1.95. The minimum atomic E-state index is -0.305. The van der Waals surface area contributed by atoms with Crippen LogP contribution < -0.4 is 9.47 Å². The van der Waals surface area contributed by atoms with Crippen LogP contribution in [0.25, 0.3) is 0 Å². The van der Waals surface area contributed by atoms with E-state index in [0.717, 1.165) is 22.6 Å². The Kier molecular flexibility index (Phi) is 6.68. The van der Waals surface area contributed by atoms with E-state index in [1.54, 1.807) is 4.90 Å². The zero-order valence-electron chi connectivity index (χ0n) is 16.5. The van der Waals surface area contributed by atoms with Crippen LogP contribution >= 0.6 is 11.6 Å². The lowest BCUT2D eigenvalue weighted by Gasteiger charge is -2.23. The summed E-state index contributed by atoms with van der Waals surface area (Å²) in [5, 5.41) is 0.635. The Morgan fingerprint density at radius 3 is 2.68 bits per heavy atom. The zero-order valence-corrected chi connectivity index (χ0v) is 17.2. The van der Waals surface area contributed by atoms with Crippen LogP contribution in [0.3, 0.4) is 0 Å². The van der Waals surface area contributed by atoms with Crippen molar-refractivity contribution in [1.29, 1.82) is 0 Å². The Bertz CT molecular complexity index is 826. The van der Waals surface area contributed by atoms with Crippen LogP contribution in [0.1, 0.15) is 38.0 Å². The van der Waals surface area contributed by atoms with Crippen molar-refractivity contribution in [2.75, 3.05) is 19.8 Å². The van der Waals surface area contributed by atoms with E-state index in [-0.39, 0.29) is 18.2 Å². The number of ether oxygens (including phenoxy) is 3.